The van der Waals surface area contributed by atoms with Gasteiger partial charge < -0.3 is 25.0 Å². The second kappa shape index (κ2) is 9.00. The third-order valence-electron chi connectivity index (χ3n) is 3.56. The van der Waals surface area contributed by atoms with Crippen LogP contribution in [0, 0.1) is 0 Å². The van der Waals surface area contributed by atoms with Crippen LogP contribution in [0.2, 0.25) is 0 Å². The van der Waals surface area contributed by atoms with Crippen molar-refractivity contribution in [2.24, 2.45) is 4.99 Å². The van der Waals surface area contributed by atoms with Crippen LogP contribution in [0.1, 0.15) is 18.9 Å². The lowest BCUT2D eigenvalue weighted by Gasteiger charge is -2.13. The first-order valence-electron chi connectivity index (χ1n) is 8.21. The van der Waals surface area contributed by atoms with Crippen LogP contribution in [0.25, 0.3) is 0 Å². The summed E-state index contributed by atoms with van der Waals surface area (Å²) in [6, 6.07) is 5.95. The molecule has 1 aliphatic heterocycles. The summed E-state index contributed by atoms with van der Waals surface area (Å²) in [5.74, 6) is 2.22. The fourth-order valence-corrected chi connectivity index (χ4v) is 2.13. The molecule has 7 heteroatoms. The highest BCUT2D eigenvalue weighted by Gasteiger charge is 2.13. The maximum Gasteiger partial charge on any atom is 0.243 e. The number of amides is 1. The van der Waals surface area contributed by atoms with Gasteiger partial charge in [0.1, 0.15) is 6.54 Å². The highest BCUT2D eigenvalue weighted by Crippen LogP contribution is 2.32. The maximum atomic E-state index is 11.7. The average molecular weight is 334 g/mol. The number of hydrogen-bond donors (Lipinski definition) is 2. The number of fused-ring (bicyclic) bond motifs is 1. The Balaban J connectivity index is 1.85. The zero-order chi connectivity index (χ0) is 17.4. The number of rotatable bonds is 7. The SMILES string of the molecule is CCCNC(=NCC(=O)N(C)C)NCCc1ccc2c(c1)OCO2. The first-order chi connectivity index (χ1) is 11.6. The summed E-state index contributed by atoms with van der Waals surface area (Å²) in [5.41, 5.74) is 1.16. The van der Waals surface area contributed by atoms with E-state index in [0.29, 0.717) is 12.5 Å². The third kappa shape index (κ3) is 5.33. The average Bonchev–Trinajstić information content (AvgIpc) is 3.04. The predicted octanol–water partition coefficient (Wildman–Crippen LogP) is 0.991. The molecule has 2 rings (SSSR count). The molecule has 24 heavy (non-hydrogen) atoms. The summed E-state index contributed by atoms with van der Waals surface area (Å²) in [7, 11) is 3.45. The minimum absolute atomic E-state index is 0.0247. The molecule has 0 bridgehead atoms. The molecule has 2 N–H and O–H groups in total. The standard InChI is InChI=1S/C17H26N4O3/c1-4-8-18-17(20-11-16(22)21(2)3)19-9-7-13-5-6-14-15(10-13)24-12-23-14/h5-6,10H,4,7-9,11-12H2,1-3H3,(H2,18,19,20). The molecule has 0 radical (unpaired) electrons. The Hall–Kier alpha value is -2.44. The van der Waals surface area contributed by atoms with E-state index in [0.717, 1.165) is 36.4 Å². The lowest BCUT2D eigenvalue weighted by Crippen LogP contribution is -2.39. The number of benzene rings is 1. The van der Waals surface area contributed by atoms with E-state index in [9.17, 15) is 4.79 Å². The molecule has 0 spiro atoms. The Labute approximate surface area is 143 Å². The Morgan fingerprint density at radius 2 is 1.96 bits per heavy atom. The lowest BCUT2D eigenvalue weighted by atomic mass is 10.1. The molecular formula is C17H26N4O3. The van der Waals surface area contributed by atoms with Gasteiger partial charge in [0.25, 0.3) is 0 Å². The fourth-order valence-electron chi connectivity index (χ4n) is 2.13. The van der Waals surface area contributed by atoms with Crippen LogP contribution in [-0.2, 0) is 11.2 Å². The second-order valence-corrected chi connectivity index (χ2v) is 5.74. The van der Waals surface area contributed by atoms with E-state index in [1.54, 1.807) is 14.1 Å². The van der Waals surface area contributed by atoms with Gasteiger partial charge in [-0.25, -0.2) is 4.99 Å². The minimum Gasteiger partial charge on any atom is -0.454 e. The topological polar surface area (TPSA) is 75.2 Å². The number of guanidine groups is 1. The van der Waals surface area contributed by atoms with E-state index < -0.39 is 0 Å². The number of carbonyl (C=O) groups excluding carboxylic acids is 1. The molecule has 0 atom stereocenters. The van der Waals surface area contributed by atoms with E-state index in [-0.39, 0.29) is 19.2 Å². The Morgan fingerprint density at radius 1 is 1.21 bits per heavy atom. The normalized spacial score (nSPS) is 12.9. The van der Waals surface area contributed by atoms with Gasteiger partial charge in [0, 0.05) is 27.2 Å². The number of carbonyl (C=O) groups is 1. The van der Waals surface area contributed by atoms with Gasteiger partial charge >= 0.3 is 0 Å². The molecule has 0 aliphatic carbocycles. The monoisotopic (exact) mass is 334 g/mol. The molecule has 7 nitrogen and oxygen atoms in total. The molecule has 0 unspecified atom stereocenters. The first kappa shape index (κ1) is 17.9. The molecule has 1 aromatic carbocycles. The van der Waals surface area contributed by atoms with Gasteiger partial charge in [-0.15, -0.1) is 0 Å². The quantitative estimate of drug-likeness (QED) is 0.575. The van der Waals surface area contributed by atoms with Gasteiger partial charge in [-0.05, 0) is 30.5 Å². The van der Waals surface area contributed by atoms with Crippen LogP contribution in [0.5, 0.6) is 11.5 Å². The Kier molecular flexibility index (Phi) is 6.72. The molecule has 0 saturated heterocycles. The van der Waals surface area contributed by atoms with E-state index in [1.165, 1.54) is 4.90 Å². The van der Waals surface area contributed by atoms with E-state index in [1.807, 2.05) is 18.2 Å². The van der Waals surface area contributed by atoms with Crippen LogP contribution < -0.4 is 20.1 Å². The van der Waals surface area contributed by atoms with Gasteiger partial charge in [0.2, 0.25) is 12.7 Å². The van der Waals surface area contributed by atoms with E-state index in [2.05, 4.69) is 22.5 Å². The van der Waals surface area contributed by atoms with Gasteiger partial charge in [0.15, 0.2) is 17.5 Å². The molecule has 1 aromatic rings. The highest BCUT2D eigenvalue weighted by atomic mass is 16.7. The van der Waals surface area contributed by atoms with Crippen LogP contribution in [0.15, 0.2) is 23.2 Å². The lowest BCUT2D eigenvalue weighted by molar-refractivity contribution is -0.127. The number of nitrogens with zero attached hydrogens (tertiary/aromatic N) is 2. The van der Waals surface area contributed by atoms with E-state index >= 15 is 0 Å². The van der Waals surface area contributed by atoms with Crippen molar-refractivity contribution in [2.45, 2.75) is 19.8 Å². The fraction of sp³-hybridized carbons (Fsp3) is 0.529. The van der Waals surface area contributed by atoms with E-state index in [4.69, 9.17) is 9.47 Å². The predicted molar refractivity (Wildman–Crippen MR) is 93.6 cm³/mol. The molecule has 1 heterocycles. The maximum absolute atomic E-state index is 11.7. The summed E-state index contributed by atoms with van der Waals surface area (Å²) in [4.78, 5) is 17.5. The Morgan fingerprint density at radius 3 is 2.71 bits per heavy atom. The smallest absolute Gasteiger partial charge is 0.243 e. The molecule has 132 valence electrons. The number of ether oxygens (including phenoxy) is 2. The number of hydrogen-bond acceptors (Lipinski definition) is 4. The highest BCUT2D eigenvalue weighted by molar-refractivity contribution is 5.84. The van der Waals surface area contributed by atoms with Gasteiger partial charge in [-0.3, -0.25) is 4.79 Å². The van der Waals surface area contributed by atoms with Crippen LogP contribution in [0.4, 0.5) is 0 Å². The van der Waals surface area contributed by atoms with Crippen molar-refractivity contribution in [3.8, 4) is 11.5 Å². The first-order valence-corrected chi connectivity index (χ1v) is 8.21. The molecule has 0 saturated carbocycles. The van der Waals surface area contributed by atoms with Crippen molar-refractivity contribution in [3.63, 3.8) is 0 Å². The number of aliphatic imine (C=N–C) groups is 1. The largest absolute Gasteiger partial charge is 0.454 e. The zero-order valence-corrected chi connectivity index (χ0v) is 14.6. The summed E-state index contributed by atoms with van der Waals surface area (Å²) in [6.45, 7) is 4.03. The summed E-state index contributed by atoms with van der Waals surface area (Å²) >= 11 is 0. The Bertz CT molecular complexity index is 587. The van der Waals surface area contributed by atoms with Crippen molar-refractivity contribution < 1.29 is 14.3 Å². The number of nitrogens with one attached hydrogen (secondary N) is 2. The molecule has 0 aromatic heterocycles. The van der Waals surface area contributed by atoms with Crippen molar-refractivity contribution in [3.05, 3.63) is 23.8 Å². The van der Waals surface area contributed by atoms with Crippen LogP contribution in [-0.4, -0.2) is 57.3 Å². The van der Waals surface area contributed by atoms with Crippen molar-refractivity contribution in [1.82, 2.24) is 15.5 Å². The minimum atomic E-state index is -0.0247. The number of likely N-dealkylation sites (N-methyl/N-ethyl adjacent to an activating group) is 1. The third-order valence-corrected chi connectivity index (χ3v) is 3.56. The molecule has 1 amide bonds. The molecule has 0 fully saturated rings. The second-order valence-electron chi connectivity index (χ2n) is 5.74. The van der Waals surface area contributed by atoms with Gasteiger partial charge in [-0.1, -0.05) is 13.0 Å². The summed E-state index contributed by atoms with van der Waals surface area (Å²) in [5, 5.41) is 6.48. The summed E-state index contributed by atoms with van der Waals surface area (Å²) in [6.07, 6.45) is 1.82. The molecular weight excluding hydrogens is 308 g/mol. The van der Waals surface area contributed by atoms with Crippen molar-refractivity contribution in [1.29, 1.82) is 0 Å². The van der Waals surface area contributed by atoms with Gasteiger partial charge in [0.05, 0.1) is 0 Å². The van der Waals surface area contributed by atoms with Crippen LogP contribution >= 0.6 is 0 Å². The van der Waals surface area contributed by atoms with Gasteiger partial charge in [-0.2, -0.15) is 0 Å². The van der Waals surface area contributed by atoms with Crippen LogP contribution in [0.3, 0.4) is 0 Å². The van der Waals surface area contributed by atoms with Crippen molar-refractivity contribution >= 4 is 11.9 Å². The summed E-state index contributed by atoms with van der Waals surface area (Å²) < 4.78 is 10.7. The molecule has 1 aliphatic rings. The van der Waals surface area contributed by atoms with Crippen molar-refractivity contribution in [2.75, 3.05) is 40.5 Å². The zero-order valence-electron chi connectivity index (χ0n) is 14.6.